The Morgan fingerprint density at radius 2 is 2.00 bits per heavy atom. The number of benzene rings is 1. The zero-order valence-corrected chi connectivity index (χ0v) is 11.7. The summed E-state index contributed by atoms with van der Waals surface area (Å²) in [4.78, 5) is 2.44. The molecule has 0 aliphatic heterocycles. The van der Waals surface area contributed by atoms with Crippen molar-refractivity contribution in [1.29, 1.82) is 0 Å². The van der Waals surface area contributed by atoms with E-state index in [-0.39, 0.29) is 0 Å². The number of nitrogens with two attached hydrogens (primary N) is 1. The van der Waals surface area contributed by atoms with E-state index >= 15 is 0 Å². The highest BCUT2D eigenvalue weighted by atomic mass is 15.2. The summed E-state index contributed by atoms with van der Waals surface area (Å²) in [5.74, 6) is 0. The average molecular weight is 234 g/mol. The van der Waals surface area contributed by atoms with E-state index in [0.717, 1.165) is 18.7 Å². The highest BCUT2D eigenvalue weighted by Gasteiger charge is 2.14. The molecule has 0 radical (unpaired) electrons. The SMILES string of the molecule is CCCCN(c1ccc(C)cc1N)C(C)CC. The van der Waals surface area contributed by atoms with Gasteiger partial charge in [-0.3, -0.25) is 0 Å². The maximum atomic E-state index is 6.14. The van der Waals surface area contributed by atoms with Gasteiger partial charge in [0.1, 0.15) is 0 Å². The summed E-state index contributed by atoms with van der Waals surface area (Å²) in [5, 5.41) is 0. The smallest absolute Gasteiger partial charge is 0.0602 e. The Kier molecular flexibility index (Phi) is 5.33. The van der Waals surface area contributed by atoms with Crippen LogP contribution in [-0.2, 0) is 0 Å². The lowest BCUT2D eigenvalue weighted by atomic mass is 10.1. The molecule has 96 valence electrons. The number of hydrogen-bond donors (Lipinski definition) is 1. The zero-order chi connectivity index (χ0) is 12.8. The summed E-state index contributed by atoms with van der Waals surface area (Å²) < 4.78 is 0. The van der Waals surface area contributed by atoms with Crippen molar-refractivity contribution in [3.05, 3.63) is 23.8 Å². The molecule has 0 aromatic heterocycles. The second-order valence-electron chi connectivity index (χ2n) is 4.87. The van der Waals surface area contributed by atoms with Crippen LogP contribution >= 0.6 is 0 Å². The molecule has 1 atom stereocenters. The van der Waals surface area contributed by atoms with Crippen LogP contribution in [0.1, 0.15) is 45.6 Å². The highest BCUT2D eigenvalue weighted by molar-refractivity contribution is 5.68. The Balaban J connectivity index is 2.95. The number of hydrogen-bond acceptors (Lipinski definition) is 2. The summed E-state index contributed by atoms with van der Waals surface area (Å²) in [5.41, 5.74) is 9.47. The van der Waals surface area contributed by atoms with Crippen LogP contribution in [0.4, 0.5) is 11.4 Å². The number of nitrogen functional groups attached to an aromatic ring is 1. The third-order valence-corrected chi connectivity index (χ3v) is 3.37. The average Bonchev–Trinajstić information content (AvgIpc) is 2.31. The van der Waals surface area contributed by atoms with Gasteiger partial charge in [0.05, 0.1) is 11.4 Å². The molecule has 17 heavy (non-hydrogen) atoms. The molecule has 0 aliphatic carbocycles. The van der Waals surface area contributed by atoms with Crippen LogP contribution in [0.15, 0.2) is 18.2 Å². The topological polar surface area (TPSA) is 29.3 Å². The van der Waals surface area contributed by atoms with Crippen LogP contribution in [0, 0.1) is 6.92 Å². The second kappa shape index (κ2) is 6.53. The van der Waals surface area contributed by atoms with E-state index in [2.05, 4.69) is 50.8 Å². The standard InChI is InChI=1S/C15H26N2/c1-5-7-10-17(13(4)6-2)15-9-8-12(3)11-14(15)16/h8-9,11,13H,5-7,10,16H2,1-4H3. The van der Waals surface area contributed by atoms with E-state index in [1.807, 2.05) is 0 Å². The molecule has 1 rings (SSSR count). The van der Waals surface area contributed by atoms with Gasteiger partial charge in [0.2, 0.25) is 0 Å². The molecule has 0 saturated heterocycles. The van der Waals surface area contributed by atoms with Gasteiger partial charge in [-0.15, -0.1) is 0 Å². The van der Waals surface area contributed by atoms with Crippen LogP contribution < -0.4 is 10.6 Å². The third kappa shape index (κ3) is 3.65. The monoisotopic (exact) mass is 234 g/mol. The molecule has 0 aliphatic rings. The molecule has 0 spiro atoms. The van der Waals surface area contributed by atoms with Gasteiger partial charge < -0.3 is 10.6 Å². The fourth-order valence-electron chi connectivity index (χ4n) is 2.06. The van der Waals surface area contributed by atoms with Crippen molar-refractivity contribution in [2.75, 3.05) is 17.2 Å². The quantitative estimate of drug-likeness (QED) is 0.754. The summed E-state index contributed by atoms with van der Waals surface area (Å²) in [6.07, 6.45) is 3.59. The first-order valence-electron chi connectivity index (χ1n) is 6.72. The van der Waals surface area contributed by atoms with Crippen LogP contribution in [0.25, 0.3) is 0 Å². The van der Waals surface area contributed by atoms with Crippen LogP contribution in [-0.4, -0.2) is 12.6 Å². The summed E-state index contributed by atoms with van der Waals surface area (Å²) >= 11 is 0. The van der Waals surface area contributed by atoms with E-state index in [1.165, 1.54) is 24.1 Å². The van der Waals surface area contributed by atoms with E-state index in [4.69, 9.17) is 5.73 Å². The summed E-state index contributed by atoms with van der Waals surface area (Å²) in [6.45, 7) is 9.91. The molecular weight excluding hydrogens is 208 g/mol. The lowest BCUT2D eigenvalue weighted by Crippen LogP contribution is -2.34. The minimum atomic E-state index is 0.548. The Morgan fingerprint density at radius 1 is 1.29 bits per heavy atom. The number of anilines is 2. The molecular formula is C15H26N2. The third-order valence-electron chi connectivity index (χ3n) is 3.37. The molecule has 2 nitrogen and oxygen atoms in total. The molecule has 0 fully saturated rings. The maximum absolute atomic E-state index is 6.14. The summed E-state index contributed by atoms with van der Waals surface area (Å²) in [6, 6.07) is 6.92. The van der Waals surface area contributed by atoms with Crippen molar-refractivity contribution in [3.8, 4) is 0 Å². The Hall–Kier alpha value is -1.18. The number of rotatable bonds is 6. The fourth-order valence-corrected chi connectivity index (χ4v) is 2.06. The lowest BCUT2D eigenvalue weighted by Gasteiger charge is -2.32. The largest absolute Gasteiger partial charge is 0.397 e. The lowest BCUT2D eigenvalue weighted by molar-refractivity contribution is 0.596. The maximum Gasteiger partial charge on any atom is 0.0602 e. The predicted molar refractivity (Wildman–Crippen MR) is 77.6 cm³/mol. The normalized spacial score (nSPS) is 12.5. The molecule has 1 aromatic carbocycles. The number of nitrogens with zero attached hydrogens (tertiary/aromatic N) is 1. The minimum absolute atomic E-state index is 0.548. The van der Waals surface area contributed by atoms with Crippen molar-refractivity contribution in [1.82, 2.24) is 0 Å². The molecule has 1 aromatic rings. The van der Waals surface area contributed by atoms with E-state index in [9.17, 15) is 0 Å². The van der Waals surface area contributed by atoms with Crippen molar-refractivity contribution in [3.63, 3.8) is 0 Å². The van der Waals surface area contributed by atoms with Gasteiger partial charge in [0.15, 0.2) is 0 Å². The van der Waals surface area contributed by atoms with E-state index in [1.54, 1.807) is 0 Å². The number of unbranched alkanes of at least 4 members (excludes halogenated alkanes) is 1. The van der Waals surface area contributed by atoms with E-state index < -0.39 is 0 Å². The zero-order valence-electron chi connectivity index (χ0n) is 11.7. The van der Waals surface area contributed by atoms with Gasteiger partial charge in [-0.05, 0) is 44.4 Å². The Bertz CT molecular complexity index is 347. The molecule has 2 heteroatoms. The Morgan fingerprint density at radius 3 is 2.53 bits per heavy atom. The van der Waals surface area contributed by atoms with Gasteiger partial charge in [0, 0.05) is 12.6 Å². The second-order valence-corrected chi connectivity index (χ2v) is 4.87. The first-order chi connectivity index (χ1) is 8.10. The van der Waals surface area contributed by atoms with Crippen molar-refractivity contribution >= 4 is 11.4 Å². The fraction of sp³-hybridized carbons (Fsp3) is 0.600. The van der Waals surface area contributed by atoms with Crippen LogP contribution in [0.3, 0.4) is 0 Å². The van der Waals surface area contributed by atoms with Crippen molar-refractivity contribution in [2.24, 2.45) is 0 Å². The van der Waals surface area contributed by atoms with Gasteiger partial charge in [-0.25, -0.2) is 0 Å². The first kappa shape index (κ1) is 13.9. The first-order valence-corrected chi connectivity index (χ1v) is 6.72. The predicted octanol–water partition coefficient (Wildman–Crippen LogP) is 3.98. The van der Waals surface area contributed by atoms with Crippen LogP contribution in [0.5, 0.6) is 0 Å². The molecule has 0 amide bonds. The minimum Gasteiger partial charge on any atom is -0.397 e. The highest BCUT2D eigenvalue weighted by Crippen LogP contribution is 2.27. The summed E-state index contributed by atoms with van der Waals surface area (Å²) in [7, 11) is 0. The van der Waals surface area contributed by atoms with Crippen LogP contribution in [0.2, 0.25) is 0 Å². The Labute approximate surface area is 106 Å². The van der Waals surface area contributed by atoms with Crippen molar-refractivity contribution < 1.29 is 0 Å². The van der Waals surface area contributed by atoms with Gasteiger partial charge >= 0.3 is 0 Å². The molecule has 2 N–H and O–H groups in total. The van der Waals surface area contributed by atoms with Gasteiger partial charge in [-0.1, -0.05) is 26.3 Å². The van der Waals surface area contributed by atoms with Gasteiger partial charge in [0.25, 0.3) is 0 Å². The molecule has 0 heterocycles. The van der Waals surface area contributed by atoms with Gasteiger partial charge in [-0.2, -0.15) is 0 Å². The molecule has 0 saturated carbocycles. The molecule has 1 unspecified atom stereocenters. The number of aryl methyl sites for hydroxylation is 1. The molecule has 0 bridgehead atoms. The van der Waals surface area contributed by atoms with Crippen molar-refractivity contribution in [2.45, 2.75) is 53.0 Å². The van der Waals surface area contributed by atoms with E-state index in [0.29, 0.717) is 6.04 Å².